The van der Waals surface area contributed by atoms with E-state index in [2.05, 4.69) is 5.32 Å². The molecule has 164 valence electrons. The Hall–Kier alpha value is -3.15. The highest BCUT2D eigenvalue weighted by Crippen LogP contribution is 2.26. The molecule has 0 aromatic heterocycles. The number of nitrogens with one attached hydrogen (secondary N) is 1. The SMILES string of the molecule is CCCOC(=O)c1ccc(NC(=O)C2Cc3ccccc3CN2C(=O)CC(C)C)cc1. The molecule has 31 heavy (non-hydrogen) atoms. The van der Waals surface area contributed by atoms with E-state index in [4.69, 9.17) is 4.74 Å². The van der Waals surface area contributed by atoms with Crippen LogP contribution in [0.25, 0.3) is 0 Å². The van der Waals surface area contributed by atoms with E-state index < -0.39 is 6.04 Å². The fourth-order valence-electron chi connectivity index (χ4n) is 3.68. The topological polar surface area (TPSA) is 75.7 Å². The molecule has 0 spiro atoms. The molecule has 0 saturated heterocycles. The largest absolute Gasteiger partial charge is 0.462 e. The summed E-state index contributed by atoms with van der Waals surface area (Å²) in [6.07, 6.45) is 1.64. The number of hydrogen-bond acceptors (Lipinski definition) is 4. The molecule has 0 bridgehead atoms. The molecule has 1 N–H and O–H groups in total. The molecular weight excluding hydrogens is 392 g/mol. The van der Waals surface area contributed by atoms with Crippen LogP contribution in [0.5, 0.6) is 0 Å². The van der Waals surface area contributed by atoms with Crippen LogP contribution < -0.4 is 5.32 Å². The molecule has 6 heteroatoms. The number of benzene rings is 2. The maximum absolute atomic E-state index is 13.1. The van der Waals surface area contributed by atoms with Crippen molar-refractivity contribution in [1.82, 2.24) is 4.90 Å². The summed E-state index contributed by atoms with van der Waals surface area (Å²) in [6.45, 7) is 6.74. The Labute approximate surface area is 183 Å². The van der Waals surface area contributed by atoms with Crippen LogP contribution in [0.4, 0.5) is 5.69 Å². The minimum atomic E-state index is -0.574. The number of esters is 1. The molecule has 1 atom stereocenters. The van der Waals surface area contributed by atoms with Crippen LogP contribution in [0.15, 0.2) is 48.5 Å². The predicted molar refractivity (Wildman–Crippen MR) is 120 cm³/mol. The van der Waals surface area contributed by atoms with Gasteiger partial charge in [0, 0.05) is 25.1 Å². The zero-order valence-electron chi connectivity index (χ0n) is 18.4. The van der Waals surface area contributed by atoms with Crippen LogP contribution in [0.3, 0.4) is 0 Å². The van der Waals surface area contributed by atoms with Crippen molar-refractivity contribution < 1.29 is 19.1 Å². The van der Waals surface area contributed by atoms with E-state index in [0.717, 1.165) is 17.5 Å². The lowest BCUT2D eigenvalue weighted by molar-refractivity contribution is -0.140. The minimum absolute atomic E-state index is 0.0151. The number of hydrogen-bond donors (Lipinski definition) is 1. The van der Waals surface area contributed by atoms with Crippen molar-refractivity contribution in [3.8, 4) is 0 Å². The maximum Gasteiger partial charge on any atom is 0.338 e. The van der Waals surface area contributed by atoms with Crippen LogP contribution in [0.1, 0.15) is 55.1 Å². The Morgan fingerprint density at radius 2 is 1.74 bits per heavy atom. The van der Waals surface area contributed by atoms with Gasteiger partial charge in [-0.25, -0.2) is 4.79 Å². The number of nitrogens with zero attached hydrogens (tertiary/aromatic N) is 1. The van der Waals surface area contributed by atoms with Crippen LogP contribution in [0, 0.1) is 5.92 Å². The summed E-state index contributed by atoms with van der Waals surface area (Å²) >= 11 is 0. The van der Waals surface area contributed by atoms with Crippen molar-refractivity contribution in [2.45, 2.75) is 52.6 Å². The molecule has 1 unspecified atom stereocenters. The second-order valence-corrected chi connectivity index (χ2v) is 8.31. The number of fused-ring (bicyclic) bond motifs is 1. The Morgan fingerprint density at radius 1 is 1.06 bits per heavy atom. The highest BCUT2D eigenvalue weighted by Gasteiger charge is 2.34. The van der Waals surface area contributed by atoms with E-state index in [0.29, 0.717) is 37.2 Å². The van der Waals surface area contributed by atoms with Gasteiger partial charge in [0.2, 0.25) is 11.8 Å². The molecule has 6 nitrogen and oxygen atoms in total. The van der Waals surface area contributed by atoms with Gasteiger partial charge in [0.05, 0.1) is 12.2 Å². The molecule has 0 fully saturated rings. The highest BCUT2D eigenvalue weighted by atomic mass is 16.5. The first-order valence-corrected chi connectivity index (χ1v) is 10.8. The first kappa shape index (κ1) is 22.5. The molecule has 2 aromatic carbocycles. The fourth-order valence-corrected chi connectivity index (χ4v) is 3.68. The van der Waals surface area contributed by atoms with E-state index in [1.165, 1.54) is 0 Å². The van der Waals surface area contributed by atoms with E-state index in [1.54, 1.807) is 29.2 Å². The molecule has 2 aromatic rings. The van der Waals surface area contributed by atoms with Gasteiger partial charge in [0.15, 0.2) is 0 Å². The Morgan fingerprint density at radius 3 is 2.39 bits per heavy atom. The molecule has 0 aliphatic carbocycles. The van der Waals surface area contributed by atoms with Gasteiger partial charge < -0.3 is 15.0 Å². The Kier molecular flexibility index (Phi) is 7.45. The zero-order chi connectivity index (χ0) is 22.4. The third kappa shape index (κ3) is 5.72. The van der Waals surface area contributed by atoms with Crippen LogP contribution in [-0.4, -0.2) is 35.3 Å². The second kappa shape index (κ2) is 10.2. The van der Waals surface area contributed by atoms with Gasteiger partial charge in [0.25, 0.3) is 0 Å². The minimum Gasteiger partial charge on any atom is -0.462 e. The second-order valence-electron chi connectivity index (χ2n) is 8.31. The van der Waals surface area contributed by atoms with E-state index in [1.807, 2.05) is 45.0 Å². The van der Waals surface area contributed by atoms with Crippen molar-refractivity contribution in [3.05, 3.63) is 65.2 Å². The summed E-state index contributed by atoms with van der Waals surface area (Å²) in [7, 11) is 0. The molecule has 0 saturated carbocycles. The first-order valence-electron chi connectivity index (χ1n) is 10.8. The summed E-state index contributed by atoms with van der Waals surface area (Å²) in [6, 6.07) is 14.0. The van der Waals surface area contributed by atoms with E-state index >= 15 is 0 Å². The summed E-state index contributed by atoms with van der Waals surface area (Å²) in [5.41, 5.74) is 3.18. The van der Waals surface area contributed by atoms with Gasteiger partial charge >= 0.3 is 5.97 Å². The Bertz CT molecular complexity index is 937. The monoisotopic (exact) mass is 422 g/mol. The molecule has 1 aliphatic rings. The quantitative estimate of drug-likeness (QED) is 0.679. The summed E-state index contributed by atoms with van der Waals surface area (Å²) in [5.74, 6) is -0.408. The predicted octanol–water partition coefficient (Wildman–Crippen LogP) is 4.19. The number of amides is 2. The molecule has 3 rings (SSSR count). The van der Waals surface area contributed by atoms with Crippen molar-refractivity contribution in [2.75, 3.05) is 11.9 Å². The number of anilines is 1. The molecule has 1 aliphatic heterocycles. The third-order valence-electron chi connectivity index (χ3n) is 5.28. The molecular formula is C25H30N2O4. The summed E-state index contributed by atoms with van der Waals surface area (Å²) < 4.78 is 5.13. The highest BCUT2D eigenvalue weighted by molar-refractivity contribution is 5.98. The van der Waals surface area contributed by atoms with Gasteiger partial charge in [0.1, 0.15) is 6.04 Å². The Balaban J connectivity index is 1.74. The number of rotatable bonds is 7. The average molecular weight is 423 g/mol. The van der Waals surface area contributed by atoms with Crippen LogP contribution >= 0.6 is 0 Å². The third-order valence-corrected chi connectivity index (χ3v) is 5.28. The summed E-state index contributed by atoms with van der Waals surface area (Å²) in [4.78, 5) is 39.7. The molecule has 2 amide bonds. The zero-order valence-corrected chi connectivity index (χ0v) is 18.4. The van der Waals surface area contributed by atoms with Crippen molar-refractivity contribution in [1.29, 1.82) is 0 Å². The van der Waals surface area contributed by atoms with Crippen molar-refractivity contribution in [3.63, 3.8) is 0 Å². The summed E-state index contributed by atoms with van der Waals surface area (Å²) in [5, 5.41) is 2.91. The van der Waals surface area contributed by atoms with Gasteiger partial charge in [-0.05, 0) is 47.7 Å². The van der Waals surface area contributed by atoms with E-state index in [-0.39, 0.29) is 23.7 Å². The lowest BCUT2D eigenvalue weighted by atomic mass is 9.92. The fraction of sp³-hybridized carbons (Fsp3) is 0.400. The first-order chi connectivity index (χ1) is 14.9. The maximum atomic E-state index is 13.1. The van der Waals surface area contributed by atoms with Crippen molar-refractivity contribution >= 4 is 23.5 Å². The normalized spacial score (nSPS) is 15.4. The van der Waals surface area contributed by atoms with Crippen molar-refractivity contribution in [2.24, 2.45) is 5.92 Å². The molecule has 1 heterocycles. The molecule has 0 radical (unpaired) electrons. The smallest absolute Gasteiger partial charge is 0.338 e. The number of ether oxygens (including phenoxy) is 1. The van der Waals surface area contributed by atoms with Crippen LogP contribution in [-0.2, 0) is 27.3 Å². The van der Waals surface area contributed by atoms with Gasteiger partial charge in [-0.2, -0.15) is 0 Å². The number of carbonyl (C=O) groups is 3. The van der Waals surface area contributed by atoms with Gasteiger partial charge in [-0.3, -0.25) is 9.59 Å². The number of carbonyl (C=O) groups excluding carboxylic acids is 3. The van der Waals surface area contributed by atoms with E-state index in [9.17, 15) is 14.4 Å². The standard InChI is InChI=1S/C25H30N2O4/c1-4-13-31-25(30)18-9-11-21(12-10-18)26-24(29)22-15-19-7-5-6-8-20(19)16-27(22)23(28)14-17(2)3/h5-12,17,22H,4,13-16H2,1-3H3,(H,26,29). The lowest BCUT2D eigenvalue weighted by Crippen LogP contribution is -2.50. The van der Waals surface area contributed by atoms with Gasteiger partial charge in [-0.15, -0.1) is 0 Å². The average Bonchev–Trinajstić information content (AvgIpc) is 2.76. The van der Waals surface area contributed by atoms with Crippen LogP contribution in [0.2, 0.25) is 0 Å². The lowest BCUT2D eigenvalue weighted by Gasteiger charge is -2.36. The van der Waals surface area contributed by atoms with Gasteiger partial charge in [-0.1, -0.05) is 45.0 Å².